The van der Waals surface area contributed by atoms with Crippen LogP contribution in [-0.2, 0) is 11.3 Å². The van der Waals surface area contributed by atoms with Crippen LogP contribution in [0.5, 0.6) is 0 Å². The van der Waals surface area contributed by atoms with Gasteiger partial charge in [-0.1, -0.05) is 0 Å². The monoisotopic (exact) mass is 503 g/mol. The number of aliphatic hydroxyl groups is 1. The zero-order chi connectivity index (χ0) is 26.3. The Morgan fingerprint density at radius 3 is 2.64 bits per heavy atom. The molecule has 4 rings (SSSR count). The third-order valence-electron chi connectivity index (χ3n) is 6.21. The Bertz CT molecular complexity index is 1250. The average molecular weight is 504 g/mol. The molecule has 1 atom stereocenters. The first-order valence-electron chi connectivity index (χ1n) is 11.9. The van der Waals surface area contributed by atoms with Gasteiger partial charge in [-0.15, -0.1) is 0 Å². The number of imidazole rings is 1. The van der Waals surface area contributed by atoms with E-state index in [1.807, 2.05) is 13.8 Å². The number of aromatic nitrogens is 5. The van der Waals surface area contributed by atoms with E-state index in [0.717, 1.165) is 0 Å². The van der Waals surface area contributed by atoms with E-state index in [9.17, 15) is 23.5 Å². The van der Waals surface area contributed by atoms with Crippen LogP contribution in [0.25, 0.3) is 5.65 Å². The summed E-state index contributed by atoms with van der Waals surface area (Å²) >= 11 is 0. The molecule has 3 aromatic rings. The number of carbonyl (C=O) groups excluding carboxylic acids is 2. The number of carbonyl (C=O) groups is 2. The van der Waals surface area contributed by atoms with Gasteiger partial charge in [0.05, 0.1) is 36.3 Å². The van der Waals surface area contributed by atoms with E-state index < -0.39 is 23.5 Å². The number of hydrogen-bond donors (Lipinski definition) is 3. The van der Waals surface area contributed by atoms with E-state index >= 15 is 0 Å². The maximum atomic E-state index is 13.1. The molecular formula is C24H31F2N7O3. The van der Waals surface area contributed by atoms with Crippen molar-refractivity contribution in [3.63, 3.8) is 0 Å². The van der Waals surface area contributed by atoms with E-state index in [1.54, 1.807) is 43.1 Å². The Kier molecular flexibility index (Phi) is 6.82. The first-order valence-corrected chi connectivity index (χ1v) is 11.9. The SMILES string of the molecule is CC(C)n1nccc1C(=O)NCc1cn2ncc(C(NC(=O)CC3CC(F)(F)C3)C(C)(C)O)cc2n1. The van der Waals surface area contributed by atoms with Gasteiger partial charge in [-0.2, -0.15) is 10.2 Å². The first-order chi connectivity index (χ1) is 16.8. The molecule has 3 N–H and O–H groups in total. The highest BCUT2D eigenvalue weighted by Gasteiger charge is 2.46. The average Bonchev–Trinajstić information content (AvgIpc) is 3.40. The molecular weight excluding hydrogens is 472 g/mol. The van der Waals surface area contributed by atoms with Crippen molar-refractivity contribution in [2.75, 3.05) is 0 Å². The molecule has 10 nitrogen and oxygen atoms in total. The molecule has 1 aliphatic carbocycles. The summed E-state index contributed by atoms with van der Waals surface area (Å²) in [5, 5.41) is 24.8. The highest BCUT2D eigenvalue weighted by molar-refractivity contribution is 5.92. The summed E-state index contributed by atoms with van der Waals surface area (Å²) < 4.78 is 29.4. The van der Waals surface area contributed by atoms with Gasteiger partial charge in [0.25, 0.3) is 5.91 Å². The molecule has 0 bridgehead atoms. The number of alkyl halides is 2. The third kappa shape index (κ3) is 5.69. The van der Waals surface area contributed by atoms with Gasteiger partial charge in [0.1, 0.15) is 5.69 Å². The van der Waals surface area contributed by atoms with Gasteiger partial charge in [-0.25, -0.2) is 18.3 Å². The third-order valence-corrected chi connectivity index (χ3v) is 6.21. The summed E-state index contributed by atoms with van der Waals surface area (Å²) in [4.78, 5) is 29.6. The lowest BCUT2D eigenvalue weighted by atomic mass is 9.79. The maximum absolute atomic E-state index is 13.1. The minimum atomic E-state index is -2.69. The van der Waals surface area contributed by atoms with E-state index in [0.29, 0.717) is 22.6 Å². The van der Waals surface area contributed by atoms with Gasteiger partial charge in [0, 0.05) is 37.1 Å². The van der Waals surface area contributed by atoms with Crippen LogP contribution in [0.2, 0.25) is 0 Å². The van der Waals surface area contributed by atoms with Crippen LogP contribution in [-0.4, -0.2) is 52.8 Å². The standard InChI is InChI=1S/C24H31F2N7O3/c1-14(2)33-18(5-6-28-33)22(35)27-12-17-13-32-19(30-17)8-16(11-29-32)21(23(3,4)36)31-20(34)7-15-9-24(25,26)10-15/h5-6,8,11,13-15,21,36H,7,9-10,12H2,1-4H3,(H,27,35)(H,31,34). The van der Waals surface area contributed by atoms with Crippen molar-refractivity contribution in [1.82, 2.24) is 35.0 Å². The molecule has 36 heavy (non-hydrogen) atoms. The summed E-state index contributed by atoms with van der Waals surface area (Å²) in [6.45, 7) is 7.13. The molecule has 12 heteroatoms. The number of halogens is 2. The van der Waals surface area contributed by atoms with Crippen molar-refractivity contribution < 1.29 is 23.5 Å². The molecule has 1 unspecified atom stereocenters. The van der Waals surface area contributed by atoms with Crippen LogP contribution in [0.4, 0.5) is 8.78 Å². The van der Waals surface area contributed by atoms with Gasteiger partial charge < -0.3 is 15.7 Å². The topological polar surface area (TPSA) is 126 Å². The number of nitrogens with zero attached hydrogens (tertiary/aromatic N) is 5. The molecule has 1 fully saturated rings. The van der Waals surface area contributed by atoms with Gasteiger partial charge in [0.15, 0.2) is 5.65 Å². The molecule has 3 heterocycles. The number of fused-ring (bicyclic) bond motifs is 1. The van der Waals surface area contributed by atoms with E-state index in [-0.39, 0.29) is 43.7 Å². The first kappa shape index (κ1) is 25.7. The Morgan fingerprint density at radius 2 is 2.00 bits per heavy atom. The fourth-order valence-electron chi connectivity index (χ4n) is 4.43. The highest BCUT2D eigenvalue weighted by Crippen LogP contribution is 2.44. The second-order valence-corrected chi connectivity index (χ2v) is 10.2. The summed E-state index contributed by atoms with van der Waals surface area (Å²) in [6.07, 6.45) is 4.14. The molecule has 0 saturated heterocycles. The number of rotatable bonds is 9. The van der Waals surface area contributed by atoms with Crippen LogP contribution in [0.15, 0.2) is 30.7 Å². The molecule has 1 saturated carbocycles. The minimum absolute atomic E-state index is 0.0270. The highest BCUT2D eigenvalue weighted by atomic mass is 19.3. The van der Waals surface area contributed by atoms with Crippen molar-refractivity contribution in [2.24, 2.45) is 5.92 Å². The molecule has 0 aromatic carbocycles. The molecule has 194 valence electrons. The smallest absolute Gasteiger partial charge is 0.269 e. The summed E-state index contributed by atoms with van der Waals surface area (Å²) in [6, 6.07) is 2.55. The lowest BCUT2D eigenvalue weighted by Crippen LogP contribution is -2.44. The lowest BCUT2D eigenvalue weighted by molar-refractivity contribution is -0.135. The molecule has 0 aliphatic heterocycles. The second kappa shape index (κ2) is 9.57. The van der Waals surface area contributed by atoms with E-state index in [2.05, 4.69) is 25.8 Å². The molecule has 0 spiro atoms. The van der Waals surface area contributed by atoms with Crippen molar-refractivity contribution in [3.8, 4) is 0 Å². The van der Waals surface area contributed by atoms with Crippen molar-refractivity contribution in [1.29, 1.82) is 0 Å². The van der Waals surface area contributed by atoms with Gasteiger partial charge in [-0.05, 0) is 45.7 Å². The predicted molar refractivity (Wildman–Crippen MR) is 126 cm³/mol. The van der Waals surface area contributed by atoms with Crippen LogP contribution in [0, 0.1) is 5.92 Å². The van der Waals surface area contributed by atoms with Gasteiger partial charge >= 0.3 is 0 Å². The largest absolute Gasteiger partial charge is 0.388 e. The number of amides is 2. The minimum Gasteiger partial charge on any atom is -0.388 e. The number of nitrogens with one attached hydrogen (secondary N) is 2. The second-order valence-electron chi connectivity index (χ2n) is 10.2. The zero-order valence-corrected chi connectivity index (χ0v) is 20.7. The normalized spacial score (nSPS) is 16.7. The molecule has 1 aliphatic rings. The van der Waals surface area contributed by atoms with Crippen LogP contribution in [0.1, 0.15) is 80.8 Å². The quantitative estimate of drug-likeness (QED) is 0.412. The fourth-order valence-corrected chi connectivity index (χ4v) is 4.43. The molecule has 0 radical (unpaired) electrons. The summed E-state index contributed by atoms with van der Waals surface area (Å²) in [5.41, 5.74) is 0.652. The van der Waals surface area contributed by atoms with Crippen LogP contribution >= 0.6 is 0 Å². The van der Waals surface area contributed by atoms with Crippen LogP contribution < -0.4 is 10.6 Å². The zero-order valence-electron chi connectivity index (χ0n) is 20.7. The Balaban J connectivity index is 1.45. The molecule has 2 amide bonds. The summed E-state index contributed by atoms with van der Waals surface area (Å²) in [7, 11) is 0. The van der Waals surface area contributed by atoms with Crippen molar-refractivity contribution in [3.05, 3.63) is 47.7 Å². The Hall–Kier alpha value is -3.41. The Morgan fingerprint density at radius 1 is 1.28 bits per heavy atom. The van der Waals surface area contributed by atoms with E-state index in [1.165, 1.54) is 10.7 Å². The molecule has 3 aromatic heterocycles. The van der Waals surface area contributed by atoms with Crippen LogP contribution in [0.3, 0.4) is 0 Å². The van der Waals surface area contributed by atoms with Gasteiger partial charge in [0.2, 0.25) is 11.8 Å². The lowest BCUT2D eigenvalue weighted by Gasteiger charge is -2.35. The van der Waals surface area contributed by atoms with E-state index in [4.69, 9.17) is 0 Å². The van der Waals surface area contributed by atoms with Crippen molar-refractivity contribution >= 4 is 17.5 Å². The van der Waals surface area contributed by atoms with Crippen molar-refractivity contribution in [2.45, 2.75) is 77.1 Å². The fraction of sp³-hybridized carbons (Fsp3) is 0.542. The number of hydrogen-bond acceptors (Lipinski definition) is 6. The maximum Gasteiger partial charge on any atom is 0.269 e. The summed E-state index contributed by atoms with van der Waals surface area (Å²) in [5.74, 6) is -3.74. The Labute approximate surface area is 207 Å². The van der Waals surface area contributed by atoms with Gasteiger partial charge in [-0.3, -0.25) is 14.3 Å². The predicted octanol–water partition coefficient (Wildman–Crippen LogP) is 2.80.